The van der Waals surface area contributed by atoms with Gasteiger partial charge in [-0.25, -0.2) is 9.78 Å². The molecule has 1 aromatic heterocycles. The van der Waals surface area contributed by atoms with E-state index >= 15 is 0 Å². The van der Waals surface area contributed by atoms with Crippen molar-refractivity contribution in [2.45, 2.75) is 44.3 Å². The zero-order chi connectivity index (χ0) is 30.4. The van der Waals surface area contributed by atoms with Gasteiger partial charge in [0.1, 0.15) is 6.04 Å². The van der Waals surface area contributed by atoms with Gasteiger partial charge in [-0.15, -0.1) is 0 Å². The minimum Gasteiger partial charge on any atom is -0.480 e. The van der Waals surface area contributed by atoms with Crippen molar-refractivity contribution in [1.82, 2.24) is 9.55 Å². The predicted octanol–water partition coefficient (Wildman–Crippen LogP) is 8.06. The molecule has 6 nitrogen and oxygen atoms in total. The van der Waals surface area contributed by atoms with Crippen LogP contribution in [0.3, 0.4) is 0 Å². The van der Waals surface area contributed by atoms with Crippen LogP contribution in [0.2, 0.25) is 0 Å². The van der Waals surface area contributed by atoms with Crippen LogP contribution in [-0.2, 0) is 9.59 Å². The SMILES string of the molecule is CC(C)(C)C(C(=O)O)n1c(SCCCN(C(=O)C(c2ccccc2)c2ccccc2)c2ccccc2)nc2ccccc21. The molecule has 5 rings (SSSR count). The zero-order valence-electron chi connectivity index (χ0n) is 24.8. The number of anilines is 1. The molecule has 1 N–H and O–H groups in total. The van der Waals surface area contributed by atoms with E-state index in [1.807, 2.05) is 145 Å². The van der Waals surface area contributed by atoms with Crippen LogP contribution in [-0.4, -0.2) is 38.8 Å². The highest BCUT2D eigenvalue weighted by molar-refractivity contribution is 7.99. The number of hydrogen-bond donors (Lipinski definition) is 1. The molecule has 0 aliphatic rings. The number of rotatable bonds is 11. The summed E-state index contributed by atoms with van der Waals surface area (Å²) in [5.74, 6) is -0.647. The van der Waals surface area contributed by atoms with Gasteiger partial charge in [-0.1, -0.05) is 124 Å². The standard InChI is InChI=1S/C36H37N3O3S/c1-36(2,3)32(34(41)42)39-30-23-14-13-22-29(30)37-35(39)43-25-15-24-38(28-20-11-6-12-21-28)33(40)31(26-16-7-4-8-17-26)27-18-9-5-10-19-27/h4-14,16-23,31-32H,15,24-25H2,1-3H3,(H,41,42). The Labute approximate surface area is 257 Å². The lowest BCUT2D eigenvalue weighted by Gasteiger charge is -2.30. The lowest BCUT2D eigenvalue weighted by Crippen LogP contribution is -2.36. The van der Waals surface area contributed by atoms with Crippen molar-refractivity contribution < 1.29 is 14.7 Å². The van der Waals surface area contributed by atoms with Gasteiger partial charge in [0.25, 0.3) is 0 Å². The summed E-state index contributed by atoms with van der Waals surface area (Å²) in [6.07, 6.45) is 0.693. The van der Waals surface area contributed by atoms with E-state index in [0.29, 0.717) is 23.9 Å². The Kier molecular flexibility index (Phi) is 9.31. The quantitative estimate of drug-likeness (QED) is 0.124. The van der Waals surface area contributed by atoms with Crippen LogP contribution in [0.25, 0.3) is 11.0 Å². The fourth-order valence-corrected chi connectivity index (χ4v) is 6.49. The molecular weight excluding hydrogens is 554 g/mol. The average Bonchev–Trinajstić information content (AvgIpc) is 3.35. The van der Waals surface area contributed by atoms with Gasteiger partial charge in [-0.2, -0.15) is 0 Å². The predicted molar refractivity (Wildman–Crippen MR) is 175 cm³/mol. The third-order valence-electron chi connectivity index (χ3n) is 7.48. The zero-order valence-corrected chi connectivity index (χ0v) is 25.6. The molecule has 0 spiro atoms. The van der Waals surface area contributed by atoms with Crippen molar-refractivity contribution in [3.8, 4) is 0 Å². The summed E-state index contributed by atoms with van der Waals surface area (Å²) in [5.41, 5.74) is 3.80. The van der Waals surface area contributed by atoms with Crippen molar-refractivity contribution in [1.29, 1.82) is 0 Å². The van der Waals surface area contributed by atoms with E-state index in [1.165, 1.54) is 11.8 Å². The molecule has 7 heteroatoms. The minimum absolute atomic E-state index is 0.0134. The minimum atomic E-state index is -0.883. The second-order valence-electron chi connectivity index (χ2n) is 11.6. The van der Waals surface area contributed by atoms with Crippen molar-refractivity contribution in [3.63, 3.8) is 0 Å². The number of aromatic nitrogens is 2. The fourth-order valence-electron chi connectivity index (χ4n) is 5.53. The summed E-state index contributed by atoms with van der Waals surface area (Å²) < 4.78 is 1.86. The number of imidazole rings is 1. The molecule has 1 heterocycles. The van der Waals surface area contributed by atoms with Crippen molar-refractivity contribution in [3.05, 3.63) is 126 Å². The number of carboxylic acid groups (broad SMARTS) is 1. The van der Waals surface area contributed by atoms with Crippen LogP contribution in [0.1, 0.15) is 50.3 Å². The van der Waals surface area contributed by atoms with E-state index in [-0.39, 0.29) is 5.91 Å². The largest absolute Gasteiger partial charge is 0.480 e. The van der Waals surface area contributed by atoms with Crippen LogP contribution in [0, 0.1) is 5.41 Å². The summed E-state index contributed by atoms with van der Waals surface area (Å²) in [7, 11) is 0. The monoisotopic (exact) mass is 591 g/mol. The van der Waals surface area contributed by atoms with E-state index < -0.39 is 23.3 Å². The first-order valence-corrected chi connectivity index (χ1v) is 15.5. The number of amides is 1. The highest BCUT2D eigenvalue weighted by Gasteiger charge is 2.36. The molecule has 0 bridgehead atoms. The Morgan fingerprint density at radius 1 is 0.814 bits per heavy atom. The van der Waals surface area contributed by atoms with E-state index in [0.717, 1.165) is 27.8 Å². The van der Waals surface area contributed by atoms with Crippen LogP contribution >= 0.6 is 11.8 Å². The van der Waals surface area contributed by atoms with Crippen LogP contribution in [0.5, 0.6) is 0 Å². The highest BCUT2D eigenvalue weighted by Crippen LogP contribution is 2.38. The topological polar surface area (TPSA) is 75.4 Å². The normalized spacial score (nSPS) is 12.4. The Bertz CT molecular complexity index is 1620. The number of fused-ring (bicyclic) bond motifs is 1. The molecule has 0 saturated heterocycles. The second-order valence-corrected chi connectivity index (χ2v) is 12.7. The summed E-state index contributed by atoms with van der Waals surface area (Å²) in [5, 5.41) is 10.9. The molecular formula is C36H37N3O3S. The highest BCUT2D eigenvalue weighted by atomic mass is 32.2. The van der Waals surface area contributed by atoms with E-state index in [9.17, 15) is 14.7 Å². The van der Waals surface area contributed by atoms with Crippen molar-refractivity contribution in [2.75, 3.05) is 17.2 Å². The molecule has 0 radical (unpaired) electrons. The van der Waals surface area contributed by atoms with E-state index in [1.54, 1.807) is 0 Å². The molecule has 1 amide bonds. The molecule has 5 aromatic rings. The van der Waals surface area contributed by atoms with Gasteiger partial charge in [0.2, 0.25) is 5.91 Å². The van der Waals surface area contributed by atoms with Gasteiger partial charge in [0.05, 0.1) is 17.0 Å². The summed E-state index contributed by atoms with van der Waals surface area (Å²) in [4.78, 5) is 33.6. The van der Waals surface area contributed by atoms with Gasteiger partial charge in [-0.05, 0) is 47.2 Å². The number of nitrogens with zero attached hydrogens (tertiary/aromatic N) is 3. The Hall–Kier alpha value is -4.36. The first-order valence-electron chi connectivity index (χ1n) is 14.5. The summed E-state index contributed by atoms with van der Waals surface area (Å²) in [6.45, 7) is 6.32. The number of benzene rings is 4. The van der Waals surface area contributed by atoms with Crippen molar-refractivity contribution >= 4 is 40.4 Å². The Balaban J connectivity index is 1.41. The molecule has 4 aromatic carbocycles. The van der Waals surface area contributed by atoms with E-state index in [2.05, 4.69) is 0 Å². The van der Waals surface area contributed by atoms with Gasteiger partial charge >= 0.3 is 5.97 Å². The third-order valence-corrected chi connectivity index (χ3v) is 8.52. The lowest BCUT2D eigenvalue weighted by atomic mass is 9.86. The molecule has 0 aliphatic heterocycles. The summed E-state index contributed by atoms with van der Waals surface area (Å²) >= 11 is 1.54. The number of para-hydroxylation sites is 3. The maximum atomic E-state index is 14.4. The summed E-state index contributed by atoms with van der Waals surface area (Å²) in [6, 6.07) is 36.5. The molecule has 1 atom stereocenters. The molecule has 0 aliphatic carbocycles. The Morgan fingerprint density at radius 3 is 1.91 bits per heavy atom. The maximum Gasteiger partial charge on any atom is 0.327 e. The average molecular weight is 592 g/mol. The first kappa shape index (κ1) is 30.1. The Morgan fingerprint density at radius 2 is 1.35 bits per heavy atom. The van der Waals surface area contributed by atoms with Gasteiger partial charge in [0.15, 0.2) is 5.16 Å². The lowest BCUT2D eigenvalue weighted by molar-refractivity contribution is -0.144. The van der Waals surface area contributed by atoms with E-state index in [4.69, 9.17) is 4.98 Å². The second kappa shape index (κ2) is 13.3. The molecule has 220 valence electrons. The maximum absolute atomic E-state index is 14.4. The number of aliphatic carboxylic acids is 1. The molecule has 1 unspecified atom stereocenters. The van der Waals surface area contributed by atoms with Crippen LogP contribution in [0.4, 0.5) is 5.69 Å². The number of hydrogen-bond acceptors (Lipinski definition) is 4. The smallest absolute Gasteiger partial charge is 0.327 e. The van der Waals surface area contributed by atoms with Crippen LogP contribution in [0.15, 0.2) is 120 Å². The molecule has 0 saturated carbocycles. The molecule has 43 heavy (non-hydrogen) atoms. The van der Waals surface area contributed by atoms with Crippen LogP contribution < -0.4 is 4.90 Å². The van der Waals surface area contributed by atoms with Gasteiger partial charge in [-0.3, -0.25) is 4.79 Å². The number of carbonyl (C=O) groups is 2. The number of thioether (sulfide) groups is 1. The third kappa shape index (κ3) is 6.83. The van der Waals surface area contributed by atoms with Crippen molar-refractivity contribution in [2.24, 2.45) is 5.41 Å². The van der Waals surface area contributed by atoms with Gasteiger partial charge < -0.3 is 14.6 Å². The number of carboxylic acids is 1. The fraction of sp³-hybridized carbons (Fsp3) is 0.250. The van der Waals surface area contributed by atoms with Gasteiger partial charge in [0, 0.05) is 18.0 Å². The molecule has 0 fully saturated rings. The number of carbonyl (C=O) groups excluding carboxylic acids is 1. The first-order chi connectivity index (χ1) is 20.8.